The topological polar surface area (TPSA) is 90.0 Å². The number of carboxylic acid groups (broad SMARTS) is 1. The summed E-state index contributed by atoms with van der Waals surface area (Å²) in [7, 11) is -3.95. The molecule has 1 saturated heterocycles. The first-order valence-electron chi connectivity index (χ1n) is 11.5. The Hall–Kier alpha value is -3.43. The molecule has 0 saturated carbocycles. The number of carbonyl (C=O) groups is 1. The number of nitrogens with one attached hydrogen (secondary N) is 1. The number of carboxylic acids is 1. The van der Waals surface area contributed by atoms with E-state index in [0.29, 0.717) is 56.0 Å². The highest BCUT2D eigenvalue weighted by Gasteiger charge is 2.23. The van der Waals surface area contributed by atoms with Gasteiger partial charge in [-0.05, 0) is 42.3 Å². The van der Waals surface area contributed by atoms with E-state index in [9.17, 15) is 22.7 Å². The van der Waals surface area contributed by atoms with Crippen LogP contribution in [0, 0.1) is 5.82 Å². The number of aryl methyl sites for hydroxylation is 1. The maximum atomic E-state index is 14.0. The molecule has 0 radical (unpaired) electrons. The molecule has 3 aromatic carbocycles. The summed E-state index contributed by atoms with van der Waals surface area (Å²) >= 11 is 0. The predicted molar refractivity (Wildman–Crippen MR) is 134 cm³/mol. The van der Waals surface area contributed by atoms with Crippen molar-refractivity contribution in [1.82, 2.24) is 4.90 Å². The lowest BCUT2D eigenvalue weighted by atomic mass is 10.1. The monoisotopic (exact) mass is 497 g/mol. The van der Waals surface area contributed by atoms with Crippen LogP contribution in [0.15, 0.2) is 71.6 Å². The molecule has 0 spiro atoms. The molecule has 0 atom stereocenters. The summed E-state index contributed by atoms with van der Waals surface area (Å²) < 4.78 is 42.4. The molecule has 3 aromatic rings. The van der Waals surface area contributed by atoms with E-state index in [0.717, 1.165) is 0 Å². The fraction of sp³-hybridized carbons (Fsp3) is 0.269. The average molecular weight is 498 g/mol. The van der Waals surface area contributed by atoms with Crippen molar-refractivity contribution in [3.8, 4) is 0 Å². The molecule has 4 rings (SSSR count). The number of benzene rings is 3. The van der Waals surface area contributed by atoms with Gasteiger partial charge in [0, 0.05) is 44.0 Å². The smallest absolute Gasteiger partial charge is 0.337 e. The minimum Gasteiger partial charge on any atom is -0.478 e. The van der Waals surface area contributed by atoms with Gasteiger partial charge in [0.05, 0.1) is 16.1 Å². The zero-order chi connectivity index (χ0) is 25.0. The van der Waals surface area contributed by atoms with E-state index in [-0.39, 0.29) is 22.0 Å². The first kappa shape index (κ1) is 24.7. The zero-order valence-corrected chi connectivity index (χ0v) is 20.3. The number of sulfonamides is 1. The summed E-state index contributed by atoms with van der Waals surface area (Å²) in [6, 6.07) is 18.1. The predicted octanol–water partition coefficient (Wildman–Crippen LogP) is 4.21. The summed E-state index contributed by atoms with van der Waals surface area (Å²) in [5.41, 5.74) is 1.90. The Labute approximate surface area is 204 Å². The third kappa shape index (κ3) is 5.63. The molecule has 2 N–H and O–H groups in total. The molecule has 1 aliphatic rings. The van der Waals surface area contributed by atoms with Gasteiger partial charge in [-0.1, -0.05) is 43.3 Å². The maximum Gasteiger partial charge on any atom is 0.337 e. The van der Waals surface area contributed by atoms with Crippen molar-refractivity contribution in [2.24, 2.45) is 0 Å². The quantitative estimate of drug-likeness (QED) is 0.485. The standard InChI is InChI=1S/C26H28FN3O4S/c1-2-19-7-4-6-10-25(19)35(33,34)28-24-12-11-21(17-22(24)26(31)32)30-15-13-29(14-16-30)18-20-8-3-5-9-23(20)27/h3-12,17,28H,2,13-16,18H2,1H3,(H,31,32). The van der Waals surface area contributed by atoms with Gasteiger partial charge in [0.1, 0.15) is 5.82 Å². The molecule has 1 aliphatic heterocycles. The van der Waals surface area contributed by atoms with Gasteiger partial charge in [-0.3, -0.25) is 9.62 Å². The van der Waals surface area contributed by atoms with E-state index in [1.165, 1.54) is 24.3 Å². The highest BCUT2D eigenvalue weighted by molar-refractivity contribution is 7.92. The Morgan fingerprint density at radius 2 is 1.63 bits per heavy atom. The van der Waals surface area contributed by atoms with Gasteiger partial charge in [0.2, 0.25) is 0 Å². The molecule has 0 unspecified atom stereocenters. The Bertz CT molecular complexity index is 1320. The van der Waals surface area contributed by atoms with E-state index < -0.39 is 16.0 Å². The van der Waals surface area contributed by atoms with Gasteiger partial charge < -0.3 is 10.0 Å². The van der Waals surface area contributed by atoms with Gasteiger partial charge in [0.25, 0.3) is 10.0 Å². The fourth-order valence-electron chi connectivity index (χ4n) is 4.28. The summed E-state index contributed by atoms with van der Waals surface area (Å²) in [6.45, 7) is 5.05. The molecule has 7 nitrogen and oxygen atoms in total. The van der Waals surface area contributed by atoms with Gasteiger partial charge in [-0.25, -0.2) is 17.6 Å². The lowest BCUT2D eigenvalue weighted by Gasteiger charge is -2.36. The summed E-state index contributed by atoms with van der Waals surface area (Å²) in [6.07, 6.45) is 0.532. The van der Waals surface area contributed by atoms with Crippen molar-refractivity contribution < 1.29 is 22.7 Å². The van der Waals surface area contributed by atoms with Crippen molar-refractivity contribution in [3.05, 3.63) is 89.2 Å². The Kier molecular flexibility index (Phi) is 7.37. The molecular formula is C26H28FN3O4S. The van der Waals surface area contributed by atoms with Gasteiger partial charge in [-0.15, -0.1) is 0 Å². The normalized spacial score (nSPS) is 14.6. The van der Waals surface area contributed by atoms with Crippen LogP contribution in [0.3, 0.4) is 0 Å². The van der Waals surface area contributed by atoms with Crippen molar-refractivity contribution in [1.29, 1.82) is 0 Å². The molecule has 0 bridgehead atoms. The minimum atomic E-state index is -3.95. The second-order valence-corrected chi connectivity index (χ2v) is 10.1. The molecular weight excluding hydrogens is 469 g/mol. The molecule has 35 heavy (non-hydrogen) atoms. The highest BCUT2D eigenvalue weighted by Crippen LogP contribution is 2.28. The number of nitrogens with zero attached hydrogens (tertiary/aromatic N) is 2. The molecule has 1 fully saturated rings. The number of rotatable bonds is 8. The van der Waals surface area contributed by atoms with Crippen LogP contribution in [-0.2, 0) is 23.0 Å². The highest BCUT2D eigenvalue weighted by atomic mass is 32.2. The van der Waals surface area contributed by atoms with Crippen LogP contribution in [0.1, 0.15) is 28.4 Å². The number of halogens is 1. The van der Waals surface area contributed by atoms with E-state index >= 15 is 0 Å². The number of anilines is 2. The summed E-state index contributed by atoms with van der Waals surface area (Å²) in [5, 5.41) is 9.79. The van der Waals surface area contributed by atoms with E-state index in [1.54, 1.807) is 36.4 Å². The van der Waals surface area contributed by atoms with Crippen molar-refractivity contribution in [3.63, 3.8) is 0 Å². The third-order valence-electron chi connectivity index (χ3n) is 6.21. The minimum absolute atomic E-state index is 0.0188. The van der Waals surface area contributed by atoms with Gasteiger partial charge in [-0.2, -0.15) is 0 Å². The first-order chi connectivity index (χ1) is 16.8. The third-order valence-corrected chi connectivity index (χ3v) is 7.68. The molecule has 0 aromatic heterocycles. The largest absolute Gasteiger partial charge is 0.478 e. The second kappa shape index (κ2) is 10.5. The first-order valence-corrected chi connectivity index (χ1v) is 13.0. The summed E-state index contributed by atoms with van der Waals surface area (Å²) in [5.74, 6) is -1.44. The van der Waals surface area contributed by atoms with Crippen molar-refractivity contribution >= 4 is 27.4 Å². The Morgan fingerprint density at radius 1 is 0.971 bits per heavy atom. The molecule has 0 amide bonds. The lowest BCUT2D eigenvalue weighted by molar-refractivity contribution is 0.0698. The molecule has 1 heterocycles. The number of piperazine rings is 1. The molecule has 184 valence electrons. The van der Waals surface area contributed by atoms with Crippen LogP contribution in [-0.4, -0.2) is 50.6 Å². The Morgan fingerprint density at radius 3 is 2.29 bits per heavy atom. The van der Waals surface area contributed by atoms with Crippen LogP contribution in [0.5, 0.6) is 0 Å². The van der Waals surface area contributed by atoms with Crippen LogP contribution < -0.4 is 9.62 Å². The van der Waals surface area contributed by atoms with E-state index in [4.69, 9.17) is 0 Å². The Balaban J connectivity index is 1.49. The van der Waals surface area contributed by atoms with Gasteiger partial charge >= 0.3 is 5.97 Å². The lowest BCUT2D eigenvalue weighted by Crippen LogP contribution is -2.46. The fourth-order valence-corrected chi connectivity index (χ4v) is 5.68. The number of hydrogen-bond donors (Lipinski definition) is 2. The van der Waals surface area contributed by atoms with Crippen LogP contribution in [0.25, 0.3) is 0 Å². The van der Waals surface area contributed by atoms with Crippen LogP contribution in [0.4, 0.5) is 15.8 Å². The number of hydrogen-bond acceptors (Lipinski definition) is 5. The molecule has 9 heteroatoms. The second-order valence-electron chi connectivity index (χ2n) is 8.46. The van der Waals surface area contributed by atoms with Crippen molar-refractivity contribution in [2.45, 2.75) is 24.8 Å². The molecule has 0 aliphatic carbocycles. The van der Waals surface area contributed by atoms with Crippen molar-refractivity contribution in [2.75, 3.05) is 35.8 Å². The van der Waals surface area contributed by atoms with E-state index in [1.807, 2.05) is 13.0 Å². The maximum absolute atomic E-state index is 14.0. The zero-order valence-electron chi connectivity index (χ0n) is 19.4. The average Bonchev–Trinajstić information content (AvgIpc) is 2.86. The summed E-state index contributed by atoms with van der Waals surface area (Å²) in [4.78, 5) is 16.3. The van der Waals surface area contributed by atoms with Crippen LogP contribution >= 0.6 is 0 Å². The SMILES string of the molecule is CCc1ccccc1S(=O)(=O)Nc1ccc(N2CCN(Cc3ccccc3F)CC2)cc1C(=O)O. The van der Waals surface area contributed by atoms with E-state index in [2.05, 4.69) is 14.5 Å². The van der Waals surface area contributed by atoms with Gasteiger partial charge in [0.15, 0.2) is 0 Å². The van der Waals surface area contributed by atoms with Crippen LogP contribution in [0.2, 0.25) is 0 Å². The number of aromatic carboxylic acids is 1.